The summed E-state index contributed by atoms with van der Waals surface area (Å²) in [6.07, 6.45) is 1.82. The molecule has 2 heterocycles. The molecule has 1 aromatic heterocycles. The molecule has 1 aliphatic heterocycles. The van der Waals surface area contributed by atoms with Crippen molar-refractivity contribution in [3.63, 3.8) is 0 Å². The van der Waals surface area contributed by atoms with E-state index in [4.69, 9.17) is 36.1 Å². The van der Waals surface area contributed by atoms with Crippen LogP contribution in [0.3, 0.4) is 0 Å². The third kappa shape index (κ3) is 4.04. The lowest BCUT2D eigenvalue weighted by Gasteiger charge is -2.21. The van der Waals surface area contributed by atoms with Crippen molar-refractivity contribution in [1.29, 1.82) is 0 Å². The van der Waals surface area contributed by atoms with Gasteiger partial charge < -0.3 is 24.5 Å². The Hall–Kier alpha value is -3.09. The topological polar surface area (TPSA) is 70.1 Å². The number of hydroxylamine groups is 2. The number of methoxy groups -OCH3 is 2. The zero-order chi connectivity index (χ0) is 20.4. The average molecular weight is 413 g/mol. The van der Waals surface area contributed by atoms with Crippen LogP contribution < -0.4 is 15.2 Å². The summed E-state index contributed by atoms with van der Waals surface area (Å²) in [7, 11) is 3.21. The molecular formula is C22H21ClN2O4. The summed E-state index contributed by atoms with van der Waals surface area (Å²) in [5, 5.41) is 2.42. The third-order valence-corrected chi connectivity index (χ3v) is 4.90. The van der Waals surface area contributed by atoms with Gasteiger partial charge in [0.05, 0.1) is 20.8 Å². The van der Waals surface area contributed by atoms with Crippen LogP contribution in [-0.4, -0.2) is 19.3 Å². The molecule has 0 bridgehead atoms. The number of hydrogen-bond donors (Lipinski definition) is 1. The zero-order valence-corrected chi connectivity index (χ0v) is 16.8. The van der Waals surface area contributed by atoms with Gasteiger partial charge in [0.15, 0.2) is 11.5 Å². The van der Waals surface area contributed by atoms with Crippen molar-refractivity contribution in [1.82, 2.24) is 5.06 Å². The number of benzene rings is 2. The van der Waals surface area contributed by atoms with Gasteiger partial charge in [-0.05, 0) is 42.0 Å². The second-order valence-electron chi connectivity index (χ2n) is 6.58. The van der Waals surface area contributed by atoms with E-state index in [0.717, 1.165) is 22.6 Å². The molecular weight excluding hydrogens is 392 g/mol. The summed E-state index contributed by atoms with van der Waals surface area (Å²) in [4.78, 5) is 5.72. The van der Waals surface area contributed by atoms with Gasteiger partial charge in [0.25, 0.3) is 0 Å². The van der Waals surface area contributed by atoms with Crippen LogP contribution in [0.4, 0.5) is 0 Å². The first kappa shape index (κ1) is 19.2. The largest absolute Gasteiger partial charge is 0.493 e. The van der Waals surface area contributed by atoms with E-state index in [1.807, 2.05) is 60.7 Å². The lowest BCUT2D eigenvalue weighted by molar-refractivity contribution is -0.131. The van der Waals surface area contributed by atoms with Crippen LogP contribution in [0.2, 0.25) is 5.02 Å². The Bertz CT molecular complexity index is 1050. The fourth-order valence-corrected chi connectivity index (χ4v) is 3.47. The monoisotopic (exact) mass is 412 g/mol. The summed E-state index contributed by atoms with van der Waals surface area (Å²) < 4.78 is 16.8. The van der Waals surface area contributed by atoms with Gasteiger partial charge >= 0.3 is 0 Å². The summed E-state index contributed by atoms with van der Waals surface area (Å²) in [6, 6.07) is 16.8. The summed E-state index contributed by atoms with van der Waals surface area (Å²) in [6.45, 7) is 0.482. The molecule has 1 aliphatic rings. The van der Waals surface area contributed by atoms with Gasteiger partial charge in [0.1, 0.15) is 17.6 Å². The molecule has 29 heavy (non-hydrogen) atoms. The molecule has 0 saturated carbocycles. The zero-order valence-electron chi connectivity index (χ0n) is 16.1. The number of furan rings is 1. The van der Waals surface area contributed by atoms with Crippen LogP contribution in [0, 0.1) is 0 Å². The van der Waals surface area contributed by atoms with Crippen LogP contribution in [0.5, 0.6) is 11.5 Å². The molecule has 1 atom stereocenters. The fraction of sp³-hybridized carbons (Fsp3) is 0.182. The molecule has 0 amide bonds. The van der Waals surface area contributed by atoms with E-state index in [2.05, 4.69) is 0 Å². The van der Waals surface area contributed by atoms with Crippen molar-refractivity contribution in [2.75, 3.05) is 14.2 Å². The van der Waals surface area contributed by atoms with E-state index in [-0.39, 0.29) is 6.04 Å². The maximum absolute atomic E-state index is 6.09. The molecule has 4 rings (SSSR count). The minimum atomic E-state index is -0.254. The lowest BCUT2D eigenvalue weighted by Crippen LogP contribution is -2.23. The predicted molar refractivity (Wildman–Crippen MR) is 110 cm³/mol. The van der Waals surface area contributed by atoms with Crippen molar-refractivity contribution in [3.8, 4) is 22.8 Å². The van der Waals surface area contributed by atoms with E-state index in [1.165, 1.54) is 0 Å². The first-order valence-electron chi connectivity index (χ1n) is 9.06. The quantitative estimate of drug-likeness (QED) is 0.620. The van der Waals surface area contributed by atoms with Gasteiger partial charge in [-0.3, -0.25) is 0 Å². The molecule has 0 saturated heterocycles. The number of nitrogens with zero attached hydrogens (tertiary/aromatic N) is 1. The van der Waals surface area contributed by atoms with Crippen LogP contribution in [0.15, 0.2) is 71.0 Å². The highest BCUT2D eigenvalue weighted by molar-refractivity contribution is 6.30. The molecule has 7 heteroatoms. The Labute approximate surface area is 174 Å². The molecule has 6 nitrogen and oxygen atoms in total. The van der Waals surface area contributed by atoms with Gasteiger partial charge in [-0.25, -0.2) is 0 Å². The molecule has 3 aromatic rings. The number of nitrogens with two attached hydrogens (primary N) is 1. The van der Waals surface area contributed by atoms with Gasteiger partial charge in [-0.1, -0.05) is 29.8 Å². The van der Waals surface area contributed by atoms with E-state index >= 15 is 0 Å². The molecule has 0 aliphatic carbocycles. The normalized spacial score (nSPS) is 16.4. The number of halogens is 1. The first-order valence-corrected chi connectivity index (χ1v) is 9.43. The molecule has 0 fully saturated rings. The van der Waals surface area contributed by atoms with Crippen molar-refractivity contribution >= 4 is 11.6 Å². The number of rotatable bonds is 6. The Morgan fingerprint density at radius 3 is 2.62 bits per heavy atom. The van der Waals surface area contributed by atoms with E-state index in [9.17, 15) is 0 Å². The highest BCUT2D eigenvalue weighted by Gasteiger charge is 2.30. The highest BCUT2D eigenvalue weighted by Crippen LogP contribution is 2.36. The van der Waals surface area contributed by atoms with Crippen molar-refractivity contribution in [2.24, 2.45) is 5.73 Å². The summed E-state index contributed by atoms with van der Waals surface area (Å²) in [5.74, 6) is 3.11. The van der Waals surface area contributed by atoms with E-state index < -0.39 is 0 Å². The van der Waals surface area contributed by atoms with E-state index in [0.29, 0.717) is 28.9 Å². The Balaban J connectivity index is 1.57. The van der Waals surface area contributed by atoms with Crippen LogP contribution in [0.25, 0.3) is 11.3 Å². The van der Waals surface area contributed by atoms with Gasteiger partial charge in [-0.15, -0.1) is 5.06 Å². The average Bonchev–Trinajstić information content (AvgIpc) is 3.34. The predicted octanol–water partition coefficient (Wildman–Crippen LogP) is 4.91. The van der Waals surface area contributed by atoms with Crippen LogP contribution in [0.1, 0.15) is 17.4 Å². The first-order chi connectivity index (χ1) is 14.1. The third-order valence-electron chi connectivity index (χ3n) is 4.67. The molecule has 0 radical (unpaired) electrons. The minimum Gasteiger partial charge on any atom is -0.493 e. The smallest absolute Gasteiger partial charge is 0.207 e. The maximum Gasteiger partial charge on any atom is 0.207 e. The molecule has 2 N–H and O–H groups in total. The van der Waals surface area contributed by atoms with Gasteiger partial charge in [-0.2, -0.15) is 0 Å². The maximum atomic E-state index is 6.09. The van der Waals surface area contributed by atoms with Gasteiger partial charge in [0.2, 0.25) is 5.88 Å². The van der Waals surface area contributed by atoms with Crippen molar-refractivity contribution in [2.45, 2.75) is 12.6 Å². The molecule has 150 valence electrons. The SMILES string of the molecule is COc1ccc(CN2OC(N)=CC2c2ccc(-c3cccc(Cl)c3)o2)cc1OC. The van der Waals surface area contributed by atoms with Crippen LogP contribution in [-0.2, 0) is 11.4 Å². The minimum absolute atomic E-state index is 0.254. The lowest BCUT2D eigenvalue weighted by atomic mass is 10.1. The fourth-order valence-electron chi connectivity index (χ4n) is 3.28. The second-order valence-corrected chi connectivity index (χ2v) is 7.02. The highest BCUT2D eigenvalue weighted by atomic mass is 35.5. The van der Waals surface area contributed by atoms with E-state index in [1.54, 1.807) is 19.3 Å². The standard InChI is InChI=1S/C22H21ClN2O4/c1-26-20-7-6-14(10-21(20)27-2)13-25-17(12-22(24)29-25)19-9-8-18(28-19)15-4-3-5-16(23)11-15/h3-12,17H,13,24H2,1-2H3. The van der Waals surface area contributed by atoms with Crippen molar-refractivity contribution in [3.05, 3.63) is 82.9 Å². The second kappa shape index (κ2) is 8.11. The summed E-state index contributed by atoms with van der Waals surface area (Å²) >= 11 is 6.09. The molecule has 1 unspecified atom stereocenters. The Morgan fingerprint density at radius 1 is 1.03 bits per heavy atom. The Kier molecular flexibility index (Phi) is 5.38. The molecule has 2 aromatic carbocycles. The number of hydrogen-bond acceptors (Lipinski definition) is 6. The Morgan fingerprint density at radius 2 is 1.86 bits per heavy atom. The number of ether oxygens (including phenoxy) is 2. The van der Waals surface area contributed by atoms with Crippen LogP contribution >= 0.6 is 11.6 Å². The molecule has 0 spiro atoms. The van der Waals surface area contributed by atoms with Gasteiger partial charge in [0, 0.05) is 16.7 Å². The summed E-state index contributed by atoms with van der Waals surface area (Å²) in [5.41, 5.74) is 7.83. The van der Waals surface area contributed by atoms with Crippen molar-refractivity contribution < 1.29 is 18.7 Å².